The zero-order chi connectivity index (χ0) is 26.0. The molecule has 0 aliphatic carbocycles. The second-order valence-corrected chi connectivity index (χ2v) is 8.63. The number of aromatic nitrogens is 1. The summed E-state index contributed by atoms with van der Waals surface area (Å²) in [6.07, 6.45) is -1.42. The van der Waals surface area contributed by atoms with E-state index < -0.39 is 23.8 Å². The lowest BCUT2D eigenvalue weighted by Crippen LogP contribution is -2.33. The first-order chi connectivity index (χ1) is 17.0. The number of hydrogen-bond acceptors (Lipinski definition) is 4. The van der Waals surface area contributed by atoms with E-state index in [9.17, 15) is 18.0 Å². The van der Waals surface area contributed by atoms with Crippen molar-refractivity contribution in [2.24, 2.45) is 0 Å². The lowest BCUT2D eigenvalue weighted by Gasteiger charge is -2.14. The highest BCUT2D eigenvalue weighted by atomic mass is 19.4. The average Bonchev–Trinajstić information content (AvgIpc) is 3.20. The highest BCUT2D eigenvalue weighted by Gasteiger charge is 2.32. The molecule has 4 rings (SSSR count). The van der Waals surface area contributed by atoms with Crippen molar-refractivity contribution >= 4 is 29.2 Å². The van der Waals surface area contributed by atoms with Crippen molar-refractivity contribution in [2.45, 2.75) is 39.5 Å². The molecule has 0 aliphatic heterocycles. The monoisotopic (exact) mass is 494 g/mol. The molecule has 1 unspecified atom stereocenters. The summed E-state index contributed by atoms with van der Waals surface area (Å²) in [5, 5.41) is 11.8. The first-order valence-corrected chi connectivity index (χ1v) is 11.3. The van der Waals surface area contributed by atoms with Crippen LogP contribution in [-0.2, 0) is 17.5 Å². The van der Waals surface area contributed by atoms with Gasteiger partial charge in [0.05, 0.1) is 5.56 Å². The number of alkyl halides is 3. The Labute approximate surface area is 206 Å². The van der Waals surface area contributed by atoms with Crippen LogP contribution in [0.2, 0.25) is 0 Å². The van der Waals surface area contributed by atoms with Gasteiger partial charge in [-0.05, 0) is 71.5 Å². The summed E-state index contributed by atoms with van der Waals surface area (Å²) in [5.74, 6) is -0.458. The maximum Gasteiger partial charge on any atom is 0.416 e. The lowest BCUT2D eigenvalue weighted by molar-refractivity contribution is -0.139. The first kappa shape index (κ1) is 25.2. The molecule has 2 N–H and O–H groups in total. The number of aryl methyl sites for hydroxylation is 1. The Morgan fingerprint density at radius 2 is 1.83 bits per heavy atom. The third-order valence-electron chi connectivity index (χ3n) is 6.03. The SMILES string of the molecule is Cc1nc2ccc(-c3cccc(/C=C/c4cc(CNC(C)C(=O)O)ccc4C(F)(F)F)c3C)cc2o1. The van der Waals surface area contributed by atoms with Crippen LogP contribution >= 0.6 is 0 Å². The average molecular weight is 495 g/mol. The van der Waals surface area contributed by atoms with Gasteiger partial charge in [0.15, 0.2) is 11.5 Å². The predicted molar refractivity (Wildman–Crippen MR) is 133 cm³/mol. The zero-order valence-electron chi connectivity index (χ0n) is 20.0. The van der Waals surface area contributed by atoms with Gasteiger partial charge in [-0.25, -0.2) is 4.98 Å². The molecule has 0 saturated carbocycles. The fourth-order valence-corrected chi connectivity index (χ4v) is 4.01. The molecule has 0 fully saturated rings. The molecule has 0 radical (unpaired) electrons. The minimum atomic E-state index is -4.53. The summed E-state index contributed by atoms with van der Waals surface area (Å²) in [5.41, 5.74) is 4.77. The third-order valence-corrected chi connectivity index (χ3v) is 6.03. The number of nitrogens with one attached hydrogen (secondary N) is 1. The second kappa shape index (κ2) is 9.99. The Morgan fingerprint density at radius 3 is 2.56 bits per heavy atom. The number of benzene rings is 3. The van der Waals surface area contributed by atoms with Gasteiger partial charge in [-0.3, -0.25) is 4.79 Å². The van der Waals surface area contributed by atoms with Gasteiger partial charge >= 0.3 is 12.1 Å². The van der Waals surface area contributed by atoms with Gasteiger partial charge in [-0.15, -0.1) is 0 Å². The Kier molecular flexibility index (Phi) is 6.99. The van der Waals surface area contributed by atoms with Gasteiger partial charge in [0.2, 0.25) is 0 Å². The topological polar surface area (TPSA) is 75.4 Å². The second-order valence-electron chi connectivity index (χ2n) is 8.63. The summed E-state index contributed by atoms with van der Waals surface area (Å²) in [7, 11) is 0. The van der Waals surface area contributed by atoms with Crippen molar-refractivity contribution < 1.29 is 27.5 Å². The highest BCUT2D eigenvalue weighted by molar-refractivity contribution is 5.83. The fraction of sp³-hybridized carbons (Fsp3) is 0.214. The minimum absolute atomic E-state index is 0.00753. The minimum Gasteiger partial charge on any atom is -0.480 e. The van der Waals surface area contributed by atoms with Crippen LogP contribution in [0.3, 0.4) is 0 Å². The molecule has 1 atom stereocenters. The number of fused-ring (bicyclic) bond motifs is 1. The summed E-state index contributed by atoms with van der Waals surface area (Å²) in [4.78, 5) is 15.3. The van der Waals surface area contributed by atoms with E-state index in [2.05, 4.69) is 10.3 Å². The molecule has 5 nitrogen and oxygen atoms in total. The molecule has 1 heterocycles. The van der Waals surface area contributed by atoms with Crippen molar-refractivity contribution in [1.82, 2.24) is 10.3 Å². The summed E-state index contributed by atoms with van der Waals surface area (Å²) >= 11 is 0. The highest BCUT2D eigenvalue weighted by Crippen LogP contribution is 2.34. The standard InChI is InChI=1S/C28H25F3N2O3/c1-16-20(5-4-6-23(16)21-10-12-25-26(14-21)36-18(3)33-25)8-9-22-13-19(15-32-17(2)27(34)35)7-11-24(22)28(29,30)31/h4-14,17,32H,15H2,1-3H3,(H,34,35)/b9-8+. The van der Waals surface area contributed by atoms with E-state index in [4.69, 9.17) is 9.52 Å². The number of nitrogens with zero attached hydrogens (tertiary/aromatic N) is 1. The Bertz CT molecular complexity index is 1450. The Hall–Kier alpha value is -3.91. The lowest BCUT2D eigenvalue weighted by atomic mass is 9.95. The number of oxazole rings is 1. The molecular formula is C28H25F3N2O3. The fourth-order valence-electron chi connectivity index (χ4n) is 4.01. The van der Waals surface area contributed by atoms with Gasteiger partial charge in [0.1, 0.15) is 11.6 Å². The molecule has 0 spiro atoms. The molecule has 8 heteroatoms. The molecule has 186 valence electrons. The van der Waals surface area contributed by atoms with E-state index >= 15 is 0 Å². The van der Waals surface area contributed by atoms with Crippen LogP contribution in [0, 0.1) is 13.8 Å². The summed E-state index contributed by atoms with van der Waals surface area (Å²) in [6.45, 7) is 5.31. The van der Waals surface area contributed by atoms with Crippen molar-refractivity contribution in [3.05, 3.63) is 88.3 Å². The number of carboxylic acid groups (broad SMARTS) is 1. The van der Waals surface area contributed by atoms with Crippen LogP contribution < -0.4 is 5.32 Å². The first-order valence-electron chi connectivity index (χ1n) is 11.3. The van der Waals surface area contributed by atoms with E-state index in [-0.39, 0.29) is 12.1 Å². The van der Waals surface area contributed by atoms with Crippen molar-refractivity contribution in [3.63, 3.8) is 0 Å². The summed E-state index contributed by atoms with van der Waals surface area (Å²) < 4.78 is 46.7. The quantitative estimate of drug-likeness (QED) is 0.275. The molecular weight excluding hydrogens is 469 g/mol. The maximum absolute atomic E-state index is 13.7. The molecule has 0 amide bonds. The van der Waals surface area contributed by atoms with Gasteiger partial charge in [-0.2, -0.15) is 13.2 Å². The van der Waals surface area contributed by atoms with Crippen LogP contribution in [0.25, 0.3) is 34.4 Å². The molecule has 4 aromatic rings. The Balaban J connectivity index is 1.67. The number of hydrogen-bond donors (Lipinski definition) is 2. The van der Waals surface area contributed by atoms with Crippen molar-refractivity contribution in [2.75, 3.05) is 0 Å². The van der Waals surface area contributed by atoms with Crippen molar-refractivity contribution in [3.8, 4) is 11.1 Å². The zero-order valence-corrected chi connectivity index (χ0v) is 20.0. The van der Waals surface area contributed by atoms with Crippen LogP contribution in [0.5, 0.6) is 0 Å². The number of carboxylic acids is 1. The third kappa shape index (κ3) is 5.49. The van der Waals surface area contributed by atoms with E-state index in [1.807, 2.05) is 43.3 Å². The van der Waals surface area contributed by atoms with Gasteiger partial charge in [0.25, 0.3) is 0 Å². The molecule has 0 saturated heterocycles. The summed E-state index contributed by atoms with van der Waals surface area (Å²) in [6, 6.07) is 14.4. The van der Waals surface area contributed by atoms with E-state index in [0.717, 1.165) is 33.8 Å². The van der Waals surface area contributed by atoms with Gasteiger partial charge < -0.3 is 14.8 Å². The number of rotatable bonds is 7. The van der Waals surface area contributed by atoms with Crippen LogP contribution in [0.4, 0.5) is 13.2 Å². The van der Waals surface area contributed by atoms with Crippen molar-refractivity contribution in [1.29, 1.82) is 0 Å². The predicted octanol–water partition coefficient (Wildman–Crippen LogP) is 6.86. The number of carbonyl (C=O) groups is 1. The normalized spacial score (nSPS) is 12.9. The Morgan fingerprint density at radius 1 is 1.08 bits per heavy atom. The van der Waals surface area contributed by atoms with Gasteiger partial charge in [-0.1, -0.05) is 42.5 Å². The maximum atomic E-state index is 13.7. The van der Waals surface area contributed by atoms with Crippen LogP contribution in [0.15, 0.2) is 59.0 Å². The van der Waals surface area contributed by atoms with Crippen LogP contribution in [-0.4, -0.2) is 22.1 Å². The van der Waals surface area contributed by atoms with Gasteiger partial charge in [0, 0.05) is 13.5 Å². The largest absolute Gasteiger partial charge is 0.480 e. The van der Waals surface area contributed by atoms with E-state index in [1.165, 1.54) is 25.1 Å². The molecule has 0 bridgehead atoms. The molecule has 1 aromatic heterocycles. The molecule has 0 aliphatic rings. The number of halogens is 3. The molecule has 3 aromatic carbocycles. The smallest absolute Gasteiger partial charge is 0.416 e. The van der Waals surface area contributed by atoms with E-state index in [0.29, 0.717) is 17.0 Å². The van der Waals surface area contributed by atoms with E-state index in [1.54, 1.807) is 13.0 Å². The molecule has 36 heavy (non-hydrogen) atoms. The van der Waals surface area contributed by atoms with Crippen LogP contribution in [0.1, 0.15) is 40.6 Å². The number of aliphatic carboxylic acids is 1.